The molecule has 1 saturated heterocycles. The SMILES string of the molecule is CCc1cc(Br)ccc1NC1CCOC1C. The Hall–Kier alpha value is -0.540. The fourth-order valence-corrected chi connectivity index (χ4v) is 2.53. The summed E-state index contributed by atoms with van der Waals surface area (Å²) in [6, 6.07) is 6.87. The van der Waals surface area contributed by atoms with Crippen molar-refractivity contribution in [2.75, 3.05) is 11.9 Å². The van der Waals surface area contributed by atoms with Crippen LogP contribution in [0.25, 0.3) is 0 Å². The average molecular weight is 284 g/mol. The Kier molecular flexibility index (Phi) is 3.87. The second-order valence-electron chi connectivity index (χ2n) is 4.27. The summed E-state index contributed by atoms with van der Waals surface area (Å²) in [7, 11) is 0. The molecule has 0 bridgehead atoms. The molecule has 0 spiro atoms. The third-order valence-corrected chi connectivity index (χ3v) is 3.66. The monoisotopic (exact) mass is 283 g/mol. The summed E-state index contributed by atoms with van der Waals surface area (Å²) in [6.45, 7) is 5.19. The minimum Gasteiger partial charge on any atom is -0.379 e. The molecule has 1 aromatic rings. The summed E-state index contributed by atoms with van der Waals surface area (Å²) in [5.74, 6) is 0. The van der Waals surface area contributed by atoms with Gasteiger partial charge in [-0.05, 0) is 43.5 Å². The van der Waals surface area contributed by atoms with Crippen LogP contribution in [-0.4, -0.2) is 18.8 Å². The van der Waals surface area contributed by atoms with Crippen LogP contribution in [0.1, 0.15) is 25.8 Å². The van der Waals surface area contributed by atoms with Crippen LogP contribution in [0.5, 0.6) is 0 Å². The average Bonchev–Trinajstić information content (AvgIpc) is 2.67. The second-order valence-corrected chi connectivity index (χ2v) is 5.19. The zero-order valence-corrected chi connectivity index (χ0v) is 11.4. The van der Waals surface area contributed by atoms with Gasteiger partial charge >= 0.3 is 0 Å². The van der Waals surface area contributed by atoms with E-state index in [0.717, 1.165) is 23.9 Å². The van der Waals surface area contributed by atoms with Crippen molar-refractivity contribution in [3.63, 3.8) is 0 Å². The molecule has 16 heavy (non-hydrogen) atoms. The smallest absolute Gasteiger partial charge is 0.0748 e. The Balaban J connectivity index is 2.14. The number of aryl methyl sites for hydroxylation is 1. The van der Waals surface area contributed by atoms with Gasteiger partial charge in [-0.2, -0.15) is 0 Å². The highest BCUT2D eigenvalue weighted by Crippen LogP contribution is 2.25. The van der Waals surface area contributed by atoms with Gasteiger partial charge in [-0.15, -0.1) is 0 Å². The number of halogens is 1. The molecule has 2 unspecified atom stereocenters. The van der Waals surface area contributed by atoms with Gasteiger partial charge in [0.25, 0.3) is 0 Å². The molecule has 1 aliphatic heterocycles. The first-order valence-electron chi connectivity index (χ1n) is 5.87. The van der Waals surface area contributed by atoms with Gasteiger partial charge in [0.2, 0.25) is 0 Å². The maximum atomic E-state index is 5.56. The maximum absolute atomic E-state index is 5.56. The lowest BCUT2D eigenvalue weighted by Gasteiger charge is -2.19. The fraction of sp³-hybridized carbons (Fsp3) is 0.538. The van der Waals surface area contributed by atoms with E-state index in [1.807, 2.05) is 0 Å². The minimum absolute atomic E-state index is 0.313. The van der Waals surface area contributed by atoms with Crippen molar-refractivity contribution < 1.29 is 4.74 Å². The lowest BCUT2D eigenvalue weighted by Crippen LogP contribution is -2.27. The van der Waals surface area contributed by atoms with Gasteiger partial charge in [0.1, 0.15) is 0 Å². The van der Waals surface area contributed by atoms with Crippen LogP contribution in [-0.2, 0) is 11.2 Å². The van der Waals surface area contributed by atoms with Crippen LogP contribution in [0.2, 0.25) is 0 Å². The molecule has 1 heterocycles. The number of nitrogens with one attached hydrogen (secondary N) is 1. The Labute approximate surface area is 106 Å². The predicted octanol–water partition coefficient (Wildman–Crippen LogP) is 3.60. The maximum Gasteiger partial charge on any atom is 0.0748 e. The molecule has 0 radical (unpaired) electrons. The Bertz CT molecular complexity index is 367. The van der Waals surface area contributed by atoms with Crippen molar-refractivity contribution in [2.24, 2.45) is 0 Å². The van der Waals surface area contributed by atoms with E-state index in [4.69, 9.17) is 4.74 Å². The normalized spacial score (nSPS) is 24.7. The second kappa shape index (κ2) is 5.19. The molecule has 0 saturated carbocycles. The highest BCUT2D eigenvalue weighted by atomic mass is 79.9. The number of hydrogen-bond acceptors (Lipinski definition) is 2. The zero-order chi connectivity index (χ0) is 11.5. The molecule has 1 aliphatic rings. The number of benzene rings is 1. The van der Waals surface area contributed by atoms with Crippen LogP contribution in [0.4, 0.5) is 5.69 Å². The molecule has 0 aliphatic carbocycles. The molecule has 2 rings (SSSR count). The standard InChI is InChI=1S/C13H18BrNO/c1-3-10-8-11(14)4-5-13(10)15-12-6-7-16-9(12)2/h4-5,8-9,12,15H,3,6-7H2,1-2H3. The number of hydrogen-bond donors (Lipinski definition) is 1. The summed E-state index contributed by atoms with van der Waals surface area (Å²) < 4.78 is 6.71. The molecule has 1 fully saturated rings. The number of ether oxygens (including phenoxy) is 1. The van der Waals surface area contributed by atoms with Gasteiger partial charge in [-0.1, -0.05) is 22.9 Å². The molecule has 2 atom stereocenters. The third kappa shape index (κ3) is 2.58. The van der Waals surface area contributed by atoms with Crippen LogP contribution in [0, 0.1) is 0 Å². The van der Waals surface area contributed by atoms with Gasteiger partial charge in [-0.3, -0.25) is 0 Å². The van der Waals surface area contributed by atoms with Gasteiger partial charge in [0.15, 0.2) is 0 Å². The first-order valence-corrected chi connectivity index (χ1v) is 6.66. The van der Waals surface area contributed by atoms with E-state index < -0.39 is 0 Å². The molecule has 0 aromatic heterocycles. The third-order valence-electron chi connectivity index (χ3n) is 3.17. The highest BCUT2D eigenvalue weighted by molar-refractivity contribution is 9.10. The van der Waals surface area contributed by atoms with E-state index in [-0.39, 0.29) is 0 Å². The van der Waals surface area contributed by atoms with Crippen LogP contribution in [0.3, 0.4) is 0 Å². The van der Waals surface area contributed by atoms with Crippen molar-refractivity contribution in [3.8, 4) is 0 Å². The number of rotatable bonds is 3. The lowest BCUT2D eigenvalue weighted by atomic mass is 10.1. The van der Waals surface area contributed by atoms with Crippen molar-refractivity contribution in [1.82, 2.24) is 0 Å². The quantitative estimate of drug-likeness (QED) is 0.915. The van der Waals surface area contributed by atoms with Crippen LogP contribution >= 0.6 is 15.9 Å². The Morgan fingerprint density at radius 2 is 2.31 bits per heavy atom. The minimum atomic E-state index is 0.313. The van der Waals surface area contributed by atoms with Gasteiger partial charge in [0.05, 0.1) is 12.1 Å². The van der Waals surface area contributed by atoms with Crippen LogP contribution in [0.15, 0.2) is 22.7 Å². The molecular weight excluding hydrogens is 266 g/mol. The summed E-state index contributed by atoms with van der Waals surface area (Å²) in [6.07, 6.45) is 2.46. The topological polar surface area (TPSA) is 21.3 Å². The summed E-state index contributed by atoms with van der Waals surface area (Å²) in [5.41, 5.74) is 2.60. The number of anilines is 1. The molecule has 88 valence electrons. The van der Waals surface area contributed by atoms with Gasteiger partial charge < -0.3 is 10.1 Å². The summed E-state index contributed by atoms with van der Waals surface area (Å²) in [5, 5.41) is 3.59. The molecular formula is C13H18BrNO. The van der Waals surface area contributed by atoms with E-state index in [1.165, 1.54) is 11.3 Å². The van der Waals surface area contributed by atoms with Crippen molar-refractivity contribution in [2.45, 2.75) is 38.8 Å². The summed E-state index contributed by atoms with van der Waals surface area (Å²) >= 11 is 3.51. The fourth-order valence-electron chi connectivity index (χ4n) is 2.12. The van der Waals surface area contributed by atoms with Crippen molar-refractivity contribution >= 4 is 21.6 Å². The highest BCUT2D eigenvalue weighted by Gasteiger charge is 2.24. The first kappa shape index (κ1) is 11.9. The lowest BCUT2D eigenvalue weighted by molar-refractivity contribution is 0.121. The van der Waals surface area contributed by atoms with Crippen molar-refractivity contribution in [1.29, 1.82) is 0 Å². The molecule has 2 nitrogen and oxygen atoms in total. The van der Waals surface area contributed by atoms with E-state index in [1.54, 1.807) is 0 Å². The van der Waals surface area contributed by atoms with Gasteiger partial charge in [-0.25, -0.2) is 0 Å². The Morgan fingerprint density at radius 3 is 2.94 bits per heavy atom. The molecule has 1 N–H and O–H groups in total. The largest absolute Gasteiger partial charge is 0.379 e. The predicted molar refractivity (Wildman–Crippen MR) is 71.0 cm³/mol. The van der Waals surface area contributed by atoms with E-state index in [2.05, 4.69) is 53.3 Å². The molecule has 3 heteroatoms. The first-order chi connectivity index (χ1) is 7.70. The van der Waals surface area contributed by atoms with E-state index in [9.17, 15) is 0 Å². The molecule has 0 amide bonds. The zero-order valence-electron chi connectivity index (χ0n) is 9.79. The van der Waals surface area contributed by atoms with Crippen LogP contribution < -0.4 is 5.32 Å². The van der Waals surface area contributed by atoms with Crippen molar-refractivity contribution in [3.05, 3.63) is 28.2 Å². The molecule has 1 aromatic carbocycles. The van der Waals surface area contributed by atoms with Gasteiger partial charge in [0, 0.05) is 16.8 Å². The summed E-state index contributed by atoms with van der Waals surface area (Å²) in [4.78, 5) is 0. The Morgan fingerprint density at radius 1 is 1.50 bits per heavy atom. The van der Waals surface area contributed by atoms with E-state index >= 15 is 0 Å². The van der Waals surface area contributed by atoms with E-state index in [0.29, 0.717) is 12.1 Å².